The number of halogens is 9. The molecule has 0 radical (unpaired) electrons. The van der Waals surface area contributed by atoms with Gasteiger partial charge in [-0.15, -0.1) is 0 Å². The molecule has 2 aromatic rings. The van der Waals surface area contributed by atoms with E-state index in [1.54, 1.807) is 0 Å². The minimum Gasteiger partial charge on any atom is -0.380 e. The third-order valence-corrected chi connectivity index (χ3v) is 5.38. The Bertz CT molecular complexity index is 965. The van der Waals surface area contributed by atoms with Gasteiger partial charge in [-0.3, -0.25) is 0 Å². The molecule has 0 fully saturated rings. The van der Waals surface area contributed by atoms with E-state index in [-0.39, 0.29) is 17.7 Å². The van der Waals surface area contributed by atoms with Crippen LogP contribution in [0.4, 0.5) is 35.1 Å². The lowest BCUT2D eigenvalue weighted by Crippen LogP contribution is -2.51. The summed E-state index contributed by atoms with van der Waals surface area (Å²) in [5, 5.41) is 9.54. The number of alkyl halides is 6. The molecule has 0 spiro atoms. The van der Waals surface area contributed by atoms with E-state index in [4.69, 9.17) is 11.6 Å². The van der Waals surface area contributed by atoms with Gasteiger partial charge in [-0.25, -0.2) is 8.78 Å². The molecule has 1 atom stereocenters. The molecule has 2 aromatic carbocycles. The largest absolute Gasteiger partial charge is 0.417 e. The molecule has 1 unspecified atom stereocenters. The zero-order valence-corrected chi connectivity index (χ0v) is 17.4. The van der Waals surface area contributed by atoms with Crippen molar-refractivity contribution in [1.82, 2.24) is 0 Å². The van der Waals surface area contributed by atoms with Crippen molar-refractivity contribution >= 4 is 11.6 Å². The van der Waals surface area contributed by atoms with Gasteiger partial charge in [0.25, 0.3) is 0 Å². The lowest BCUT2D eigenvalue weighted by molar-refractivity contribution is -0.266. The Morgan fingerprint density at radius 2 is 1.52 bits per heavy atom. The van der Waals surface area contributed by atoms with E-state index in [1.165, 1.54) is 26.8 Å². The van der Waals surface area contributed by atoms with Crippen molar-refractivity contribution in [3.8, 4) is 0 Å². The van der Waals surface area contributed by atoms with Gasteiger partial charge in [0.05, 0.1) is 10.6 Å². The highest BCUT2D eigenvalue weighted by Crippen LogP contribution is 2.45. The van der Waals surface area contributed by atoms with Crippen LogP contribution in [0, 0.1) is 18.6 Å². The molecule has 31 heavy (non-hydrogen) atoms. The van der Waals surface area contributed by atoms with Crippen LogP contribution in [0.2, 0.25) is 5.02 Å². The molecule has 0 heterocycles. The number of hydrogen-bond acceptors (Lipinski definition) is 1. The molecular weight excluding hydrogens is 456 g/mol. The molecule has 0 aliphatic rings. The van der Waals surface area contributed by atoms with Crippen LogP contribution >= 0.6 is 11.6 Å². The van der Waals surface area contributed by atoms with Crippen LogP contribution in [-0.2, 0) is 18.0 Å². The highest BCUT2D eigenvalue weighted by molar-refractivity contribution is 6.30. The Labute approximate surface area is 178 Å². The number of hydrogen-bond donors (Lipinski definition) is 1. The van der Waals surface area contributed by atoms with Crippen LogP contribution < -0.4 is 0 Å². The van der Waals surface area contributed by atoms with Crippen molar-refractivity contribution in [2.45, 2.75) is 57.0 Å². The second-order valence-corrected chi connectivity index (χ2v) is 8.56. The Balaban J connectivity index is 2.56. The predicted molar refractivity (Wildman–Crippen MR) is 99.9 cm³/mol. The lowest BCUT2D eigenvalue weighted by atomic mass is 9.72. The van der Waals surface area contributed by atoms with Crippen molar-refractivity contribution in [1.29, 1.82) is 0 Å². The fourth-order valence-corrected chi connectivity index (χ4v) is 3.90. The molecule has 1 N–H and O–H groups in total. The van der Waals surface area contributed by atoms with Gasteiger partial charge in [-0.05, 0) is 59.7 Å². The van der Waals surface area contributed by atoms with Gasteiger partial charge in [-0.1, -0.05) is 31.5 Å². The van der Waals surface area contributed by atoms with Crippen LogP contribution in [0.5, 0.6) is 0 Å². The zero-order valence-electron chi connectivity index (χ0n) is 16.6. The highest BCUT2D eigenvalue weighted by Gasteiger charge is 2.56. The van der Waals surface area contributed by atoms with Gasteiger partial charge >= 0.3 is 12.4 Å². The van der Waals surface area contributed by atoms with Crippen molar-refractivity contribution in [3.05, 3.63) is 69.2 Å². The first-order chi connectivity index (χ1) is 13.9. The summed E-state index contributed by atoms with van der Waals surface area (Å²) in [6.07, 6.45) is -12.9. The normalized spacial score (nSPS) is 15.1. The van der Waals surface area contributed by atoms with E-state index in [0.717, 1.165) is 12.1 Å². The summed E-state index contributed by atoms with van der Waals surface area (Å²) in [7, 11) is 0. The first-order valence-corrected chi connectivity index (χ1v) is 9.36. The Hall–Kier alpha value is -1.87. The average Bonchev–Trinajstić information content (AvgIpc) is 2.58. The SMILES string of the molecule is Cc1ccc(F)cc1C(C)(C)CC(O)(Cc1cc(C(F)(F)F)cc(Cl)c1F)C(F)(F)F. The highest BCUT2D eigenvalue weighted by atomic mass is 35.5. The first-order valence-electron chi connectivity index (χ1n) is 8.98. The smallest absolute Gasteiger partial charge is 0.380 e. The van der Waals surface area contributed by atoms with Gasteiger partial charge < -0.3 is 5.11 Å². The molecular formula is C21H19ClF8O. The van der Waals surface area contributed by atoms with E-state index in [1.807, 2.05) is 0 Å². The van der Waals surface area contributed by atoms with E-state index in [0.29, 0.717) is 5.56 Å². The summed E-state index contributed by atoms with van der Waals surface area (Å²) in [5.41, 5.74) is -6.96. The summed E-state index contributed by atoms with van der Waals surface area (Å²) in [5.74, 6) is -2.20. The Morgan fingerprint density at radius 3 is 2.03 bits per heavy atom. The predicted octanol–water partition coefficient (Wildman–Crippen LogP) is 7.15. The molecule has 0 saturated carbocycles. The fraction of sp³-hybridized carbons (Fsp3) is 0.429. The molecule has 172 valence electrons. The van der Waals surface area contributed by atoms with Crippen LogP contribution in [0.15, 0.2) is 30.3 Å². The first kappa shape index (κ1) is 25.4. The summed E-state index contributed by atoms with van der Waals surface area (Å²) in [4.78, 5) is 0. The molecule has 1 nitrogen and oxygen atoms in total. The van der Waals surface area contributed by atoms with Gasteiger partial charge in [-0.2, -0.15) is 26.3 Å². The molecule has 0 saturated heterocycles. The second kappa shape index (κ2) is 8.24. The molecule has 0 aliphatic heterocycles. The standard InChI is InChI=1S/C21H19ClF8O/c1-11-4-5-14(23)8-15(11)18(2,3)10-19(31,21(28,29)30)9-12-6-13(20(25,26)27)7-16(22)17(12)24/h4-8,31H,9-10H2,1-3H3. The van der Waals surface area contributed by atoms with Gasteiger partial charge in [0.15, 0.2) is 5.60 Å². The van der Waals surface area contributed by atoms with Crippen LogP contribution in [0.1, 0.15) is 42.5 Å². The zero-order chi connectivity index (χ0) is 24.0. The molecule has 2 rings (SSSR count). The topological polar surface area (TPSA) is 20.2 Å². The van der Waals surface area contributed by atoms with E-state index in [2.05, 4.69) is 0 Å². The van der Waals surface area contributed by atoms with Gasteiger partial charge in [0.2, 0.25) is 0 Å². The summed E-state index contributed by atoms with van der Waals surface area (Å²) >= 11 is 5.46. The molecule has 0 aromatic heterocycles. The van der Waals surface area contributed by atoms with Crippen molar-refractivity contribution < 1.29 is 40.2 Å². The van der Waals surface area contributed by atoms with Crippen molar-refractivity contribution in [2.75, 3.05) is 0 Å². The number of aliphatic hydroxyl groups is 1. The van der Waals surface area contributed by atoms with Crippen LogP contribution in [-0.4, -0.2) is 16.9 Å². The van der Waals surface area contributed by atoms with E-state index < -0.39 is 64.0 Å². The maximum absolute atomic E-state index is 14.3. The quantitative estimate of drug-likeness (QED) is 0.456. The summed E-state index contributed by atoms with van der Waals surface area (Å²) in [6, 6.07) is 3.94. The van der Waals surface area contributed by atoms with E-state index in [9.17, 15) is 40.2 Å². The summed E-state index contributed by atoms with van der Waals surface area (Å²) in [6.45, 7) is 4.18. The second-order valence-electron chi connectivity index (χ2n) is 8.15. The number of benzene rings is 2. The third-order valence-electron chi connectivity index (χ3n) is 5.10. The fourth-order valence-electron chi connectivity index (χ4n) is 3.67. The molecule has 10 heteroatoms. The van der Waals surface area contributed by atoms with Crippen molar-refractivity contribution in [3.63, 3.8) is 0 Å². The monoisotopic (exact) mass is 474 g/mol. The summed E-state index contributed by atoms with van der Waals surface area (Å²) < 4.78 is 109. The minimum atomic E-state index is -5.33. The number of rotatable bonds is 5. The van der Waals surface area contributed by atoms with Crippen LogP contribution in [0.3, 0.4) is 0 Å². The third kappa shape index (κ3) is 5.49. The Morgan fingerprint density at radius 1 is 0.935 bits per heavy atom. The van der Waals surface area contributed by atoms with Crippen molar-refractivity contribution in [2.24, 2.45) is 0 Å². The van der Waals surface area contributed by atoms with Crippen LogP contribution in [0.25, 0.3) is 0 Å². The van der Waals surface area contributed by atoms with E-state index >= 15 is 0 Å². The minimum absolute atomic E-state index is 0.165. The lowest BCUT2D eigenvalue weighted by Gasteiger charge is -2.39. The molecule has 0 aliphatic carbocycles. The molecule has 0 bridgehead atoms. The maximum atomic E-state index is 14.3. The molecule has 0 amide bonds. The number of aryl methyl sites for hydroxylation is 1. The Kier molecular flexibility index (Phi) is 6.75. The maximum Gasteiger partial charge on any atom is 0.417 e. The average molecular weight is 475 g/mol. The van der Waals surface area contributed by atoms with Gasteiger partial charge in [0, 0.05) is 6.42 Å². The van der Waals surface area contributed by atoms with Gasteiger partial charge in [0.1, 0.15) is 11.6 Å².